The number of rotatable bonds is 1. The first-order valence-corrected chi connectivity index (χ1v) is 7.34. The van der Waals surface area contributed by atoms with Crippen LogP contribution in [0.1, 0.15) is 17.5 Å². The summed E-state index contributed by atoms with van der Waals surface area (Å²) in [6.07, 6.45) is 3.43. The van der Waals surface area contributed by atoms with E-state index in [2.05, 4.69) is 22.1 Å². The normalized spacial score (nSPS) is 13.6. The topological polar surface area (TPSA) is 25.8 Å². The highest BCUT2D eigenvalue weighted by Gasteiger charge is 2.15. The Labute approximate surface area is 126 Å². The summed E-state index contributed by atoms with van der Waals surface area (Å²) in [7, 11) is 0. The van der Waals surface area contributed by atoms with Crippen molar-refractivity contribution in [2.45, 2.75) is 19.3 Å². The first-order valence-electron chi connectivity index (χ1n) is 6.96. The maximum Gasteiger partial charge on any atom is 0.161 e. The molecule has 2 aromatic carbocycles. The number of halogens is 2. The van der Waals surface area contributed by atoms with Gasteiger partial charge in [-0.1, -0.05) is 29.8 Å². The van der Waals surface area contributed by atoms with E-state index in [0.29, 0.717) is 11.3 Å². The Balaban J connectivity index is 1.91. The molecule has 104 valence electrons. The smallest absolute Gasteiger partial charge is 0.161 e. The number of hydrogen-bond acceptors (Lipinski definition) is 2. The highest BCUT2D eigenvalue weighted by molar-refractivity contribution is 6.34. The molecule has 0 aliphatic heterocycles. The minimum Gasteiger partial charge on any atom is -0.228 e. The van der Waals surface area contributed by atoms with E-state index in [9.17, 15) is 4.39 Å². The maximum absolute atomic E-state index is 13.8. The Bertz CT molecular complexity index is 861. The predicted octanol–water partition coefficient (Wildman–Crippen LogP) is 4.58. The van der Waals surface area contributed by atoms with Crippen molar-refractivity contribution in [2.75, 3.05) is 0 Å². The van der Waals surface area contributed by atoms with Gasteiger partial charge in [0, 0.05) is 5.56 Å². The van der Waals surface area contributed by atoms with Crippen LogP contribution in [0.2, 0.25) is 5.15 Å². The SMILES string of the molecule is Fc1cccc2nc(-c3ccc4c(c3)CCC4)nc(Cl)c12. The lowest BCUT2D eigenvalue weighted by Gasteiger charge is -2.07. The van der Waals surface area contributed by atoms with Crippen LogP contribution in [0.4, 0.5) is 4.39 Å². The summed E-state index contributed by atoms with van der Waals surface area (Å²) in [5.41, 5.74) is 4.22. The van der Waals surface area contributed by atoms with Crippen molar-refractivity contribution in [2.24, 2.45) is 0 Å². The van der Waals surface area contributed by atoms with Gasteiger partial charge < -0.3 is 0 Å². The molecule has 0 spiro atoms. The Kier molecular flexibility index (Phi) is 2.89. The number of nitrogens with zero attached hydrogens (tertiary/aromatic N) is 2. The van der Waals surface area contributed by atoms with Crippen LogP contribution in [0, 0.1) is 5.82 Å². The standard InChI is InChI=1S/C17H12ClFN2/c18-16-15-13(19)5-2-6-14(15)20-17(21-16)12-8-7-10-3-1-4-11(10)9-12/h2,5-9H,1,3-4H2. The van der Waals surface area contributed by atoms with Crippen molar-refractivity contribution >= 4 is 22.5 Å². The molecule has 0 bridgehead atoms. The number of aromatic nitrogens is 2. The molecule has 0 radical (unpaired) electrons. The minimum atomic E-state index is -0.391. The molecule has 0 saturated heterocycles. The van der Waals surface area contributed by atoms with Crippen molar-refractivity contribution in [3.05, 3.63) is 58.5 Å². The molecular formula is C17H12ClFN2. The molecule has 0 unspecified atom stereocenters. The molecule has 1 aliphatic rings. The number of aryl methyl sites for hydroxylation is 2. The van der Waals surface area contributed by atoms with Gasteiger partial charge in [0.2, 0.25) is 0 Å². The molecule has 1 heterocycles. The van der Waals surface area contributed by atoms with Crippen LogP contribution in [-0.4, -0.2) is 9.97 Å². The molecule has 21 heavy (non-hydrogen) atoms. The zero-order chi connectivity index (χ0) is 14.4. The fourth-order valence-corrected chi connectivity index (χ4v) is 3.21. The second-order valence-electron chi connectivity index (χ2n) is 5.31. The summed E-state index contributed by atoms with van der Waals surface area (Å²) >= 11 is 6.14. The molecule has 4 rings (SSSR count). The Morgan fingerprint density at radius 3 is 2.76 bits per heavy atom. The number of fused-ring (bicyclic) bond motifs is 2. The van der Waals surface area contributed by atoms with E-state index in [4.69, 9.17) is 11.6 Å². The Hall–Kier alpha value is -2.00. The van der Waals surface area contributed by atoms with Crippen LogP contribution in [0.5, 0.6) is 0 Å². The van der Waals surface area contributed by atoms with Gasteiger partial charge >= 0.3 is 0 Å². The van der Waals surface area contributed by atoms with E-state index >= 15 is 0 Å². The fraction of sp³-hybridized carbons (Fsp3) is 0.176. The summed E-state index contributed by atoms with van der Waals surface area (Å²) in [4.78, 5) is 8.73. The van der Waals surface area contributed by atoms with Crippen molar-refractivity contribution in [1.29, 1.82) is 0 Å². The predicted molar refractivity (Wildman–Crippen MR) is 82.0 cm³/mol. The van der Waals surface area contributed by atoms with Crippen molar-refractivity contribution < 1.29 is 4.39 Å². The first kappa shape index (κ1) is 12.7. The first-order chi connectivity index (χ1) is 10.2. The highest BCUT2D eigenvalue weighted by Crippen LogP contribution is 2.30. The van der Waals surface area contributed by atoms with Crippen LogP contribution in [0.25, 0.3) is 22.3 Å². The summed E-state index contributed by atoms with van der Waals surface area (Å²) in [5.74, 6) is 0.158. The zero-order valence-electron chi connectivity index (χ0n) is 11.2. The van der Waals surface area contributed by atoms with Gasteiger partial charge in [-0.15, -0.1) is 0 Å². The van der Waals surface area contributed by atoms with Gasteiger partial charge in [0.1, 0.15) is 11.0 Å². The number of hydrogen-bond donors (Lipinski definition) is 0. The van der Waals surface area contributed by atoms with E-state index in [1.807, 2.05) is 6.07 Å². The molecule has 0 fully saturated rings. The monoisotopic (exact) mass is 298 g/mol. The van der Waals surface area contributed by atoms with E-state index in [0.717, 1.165) is 18.4 Å². The zero-order valence-corrected chi connectivity index (χ0v) is 12.0. The lowest BCUT2D eigenvalue weighted by atomic mass is 10.1. The van der Waals surface area contributed by atoms with Gasteiger partial charge in [-0.25, -0.2) is 14.4 Å². The largest absolute Gasteiger partial charge is 0.228 e. The van der Waals surface area contributed by atoms with Crippen LogP contribution in [0.15, 0.2) is 36.4 Å². The Morgan fingerprint density at radius 1 is 1.00 bits per heavy atom. The van der Waals surface area contributed by atoms with Gasteiger partial charge in [-0.3, -0.25) is 0 Å². The van der Waals surface area contributed by atoms with Gasteiger partial charge in [-0.05, 0) is 48.6 Å². The summed E-state index contributed by atoms with van der Waals surface area (Å²) in [5, 5.41) is 0.442. The van der Waals surface area contributed by atoms with Gasteiger partial charge in [0.25, 0.3) is 0 Å². The van der Waals surface area contributed by atoms with Gasteiger partial charge in [0.05, 0.1) is 10.9 Å². The average molecular weight is 299 g/mol. The molecule has 4 heteroatoms. The second-order valence-corrected chi connectivity index (χ2v) is 5.67. The summed E-state index contributed by atoms with van der Waals surface area (Å²) < 4.78 is 13.8. The fourth-order valence-electron chi connectivity index (χ4n) is 2.94. The maximum atomic E-state index is 13.8. The van der Waals surface area contributed by atoms with Crippen LogP contribution in [0.3, 0.4) is 0 Å². The highest BCUT2D eigenvalue weighted by atomic mass is 35.5. The third-order valence-electron chi connectivity index (χ3n) is 3.99. The van der Waals surface area contributed by atoms with Crippen LogP contribution >= 0.6 is 11.6 Å². The molecule has 0 saturated carbocycles. The van der Waals surface area contributed by atoms with Crippen LogP contribution < -0.4 is 0 Å². The molecule has 1 aliphatic carbocycles. The van der Waals surface area contributed by atoms with Crippen molar-refractivity contribution in [3.8, 4) is 11.4 Å². The molecule has 1 aromatic heterocycles. The van der Waals surface area contributed by atoms with E-state index in [-0.39, 0.29) is 10.5 Å². The van der Waals surface area contributed by atoms with E-state index in [1.165, 1.54) is 23.6 Å². The minimum absolute atomic E-state index is 0.161. The molecule has 0 N–H and O–H groups in total. The quantitative estimate of drug-likeness (QED) is 0.615. The van der Waals surface area contributed by atoms with Gasteiger partial charge in [-0.2, -0.15) is 0 Å². The lowest BCUT2D eigenvalue weighted by Crippen LogP contribution is -1.94. The number of benzene rings is 2. The summed E-state index contributed by atoms with van der Waals surface area (Å²) in [6, 6.07) is 11.0. The molecule has 0 amide bonds. The van der Waals surface area contributed by atoms with Gasteiger partial charge in [0.15, 0.2) is 5.82 Å². The van der Waals surface area contributed by atoms with E-state index in [1.54, 1.807) is 12.1 Å². The average Bonchev–Trinajstić information content (AvgIpc) is 2.94. The summed E-state index contributed by atoms with van der Waals surface area (Å²) in [6.45, 7) is 0. The third kappa shape index (κ3) is 2.09. The molecule has 2 nitrogen and oxygen atoms in total. The Morgan fingerprint density at radius 2 is 1.86 bits per heavy atom. The van der Waals surface area contributed by atoms with Crippen LogP contribution in [-0.2, 0) is 12.8 Å². The molecular weight excluding hydrogens is 287 g/mol. The molecule has 3 aromatic rings. The lowest BCUT2D eigenvalue weighted by molar-refractivity contribution is 0.639. The van der Waals surface area contributed by atoms with E-state index < -0.39 is 5.82 Å². The second kappa shape index (κ2) is 4.78. The van der Waals surface area contributed by atoms with Crippen molar-refractivity contribution in [1.82, 2.24) is 9.97 Å². The third-order valence-corrected chi connectivity index (χ3v) is 4.26. The molecule has 0 atom stereocenters. The van der Waals surface area contributed by atoms with Crippen molar-refractivity contribution in [3.63, 3.8) is 0 Å².